The van der Waals surface area contributed by atoms with E-state index in [2.05, 4.69) is 23.6 Å². The zero-order valence-electron chi connectivity index (χ0n) is 11.5. The molecule has 1 aliphatic rings. The average Bonchev–Trinajstić information content (AvgIpc) is 2.85. The van der Waals surface area contributed by atoms with E-state index in [9.17, 15) is 0 Å². The van der Waals surface area contributed by atoms with Gasteiger partial charge in [0.1, 0.15) is 5.82 Å². The zero-order chi connectivity index (χ0) is 13.4. The fourth-order valence-corrected chi connectivity index (χ4v) is 3.02. The molecule has 4 nitrogen and oxygen atoms in total. The van der Waals surface area contributed by atoms with Crippen molar-refractivity contribution in [2.75, 3.05) is 6.54 Å². The molecule has 0 amide bonds. The molecule has 2 N–H and O–H groups in total. The van der Waals surface area contributed by atoms with Gasteiger partial charge in [-0.25, -0.2) is 9.67 Å². The van der Waals surface area contributed by atoms with Crippen LogP contribution in [0.3, 0.4) is 0 Å². The molecule has 0 bridgehead atoms. The molecule has 3 atom stereocenters. The minimum absolute atomic E-state index is 0.321. The predicted octanol–water partition coefficient (Wildman–Crippen LogP) is 2.59. The molecular formula is C15H20N4. The summed E-state index contributed by atoms with van der Waals surface area (Å²) < 4.78 is 2.07. The molecule has 0 fully saturated rings. The number of nitrogens with zero attached hydrogens (tertiary/aromatic N) is 3. The maximum absolute atomic E-state index is 5.92. The van der Waals surface area contributed by atoms with E-state index in [-0.39, 0.29) is 0 Å². The van der Waals surface area contributed by atoms with Crippen LogP contribution in [0.15, 0.2) is 30.3 Å². The van der Waals surface area contributed by atoms with Gasteiger partial charge in [-0.3, -0.25) is 0 Å². The van der Waals surface area contributed by atoms with Crippen LogP contribution in [0.25, 0.3) is 11.4 Å². The summed E-state index contributed by atoms with van der Waals surface area (Å²) in [6.45, 7) is 5.10. The lowest BCUT2D eigenvalue weighted by atomic mass is 9.85. The molecule has 3 unspecified atom stereocenters. The van der Waals surface area contributed by atoms with Crippen LogP contribution in [-0.2, 0) is 0 Å². The van der Waals surface area contributed by atoms with Crippen molar-refractivity contribution in [1.29, 1.82) is 0 Å². The Hall–Kier alpha value is -1.68. The van der Waals surface area contributed by atoms with Crippen molar-refractivity contribution in [2.45, 2.75) is 32.2 Å². The minimum Gasteiger partial charge on any atom is -0.330 e. The van der Waals surface area contributed by atoms with Gasteiger partial charge in [-0.1, -0.05) is 37.3 Å². The van der Waals surface area contributed by atoms with Gasteiger partial charge in [0.05, 0.1) is 6.04 Å². The highest BCUT2D eigenvalue weighted by Crippen LogP contribution is 2.36. The van der Waals surface area contributed by atoms with Crippen LogP contribution in [0.1, 0.15) is 38.1 Å². The van der Waals surface area contributed by atoms with Gasteiger partial charge in [0, 0.05) is 18.0 Å². The number of hydrogen-bond acceptors (Lipinski definition) is 3. The zero-order valence-corrected chi connectivity index (χ0v) is 11.5. The second-order valence-corrected chi connectivity index (χ2v) is 5.51. The molecule has 1 aliphatic heterocycles. The molecule has 0 aliphatic carbocycles. The highest BCUT2D eigenvalue weighted by Gasteiger charge is 2.32. The smallest absolute Gasteiger partial charge is 0.181 e. The first-order valence-electron chi connectivity index (χ1n) is 6.92. The Morgan fingerprint density at radius 3 is 2.68 bits per heavy atom. The van der Waals surface area contributed by atoms with Crippen molar-refractivity contribution in [3.63, 3.8) is 0 Å². The minimum atomic E-state index is 0.321. The second kappa shape index (κ2) is 4.78. The van der Waals surface area contributed by atoms with E-state index >= 15 is 0 Å². The first-order valence-corrected chi connectivity index (χ1v) is 6.92. The van der Waals surface area contributed by atoms with E-state index in [1.165, 1.54) is 0 Å². The molecule has 19 heavy (non-hydrogen) atoms. The summed E-state index contributed by atoms with van der Waals surface area (Å²) >= 11 is 0. The van der Waals surface area contributed by atoms with Crippen molar-refractivity contribution in [1.82, 2.24) is 14.8 Å². The number of benzene rings is 1. The van der Waals surface area contributed by atoms with E-state index in [4.69, 9.17) is 10.7 Å². The lowest BCUT2D eigenvalue weighted by molar-refractivity contribution is 0.272. The van der Waals surface area contributed by atoms with E-state index in [1.807, 2.05) is 30.3 Å². The molecule has 1 aromatic heterocycles. The van der Waals surface area contributed by atoms with Crippen LogP contribution in [0, 0.1) is 5.92 Å². The Morgan fingerprint density at radius 1 is 1.26 bits per heavy atom. The SMILES string of the molecule is CC1CC(C)n2nc(-c3ccccc3)nc2C1CN. The van der Waals surface area contributed by atoms with E-state index in [0.29, 0.717) is 24.4 Å². The first-order chi connectivity index (χ1) is 9.20. The number of hydrogen-bond donors (Lipinski definition) is 1. The Kier molecular flexibility index (Phi) is 3.11. The lowest BCUT2D eigenvalue weighted by Crippen LogP contribution is -2.31. The van der Waals surface area contributed by atoms with Crippen LogP contribution >= 0.6 is 0 Å². The van der Waals surface area contributed by atoms with Gasteiger partial charge < -0.3 is 5.73 Å². The Morgan fingerprint density at radius 2 is 2.00 bits per heavy atom. The summed E-state index contributed by atoms with van der Waals surface area (Å²) in [4.78, 5) is 4.75. The molecule has 0 spiro atoms. The van der Waals surface area contributed by atoms with Crippen LogP contribution in [0.2, 0.25) is 0 Å². The lowest BCUT2D eigenvalue weighted by Gasteiger charge is -2.31. The summed E-state index contributed by atoms with van der Waals surface area (Å²) in [5.74, 6) is 2.75. The molecule has 1 aromatic carbocycles. The standard InChI is InChI=1S/C15H20N4/c1-10-8-11(2)19-15(13(10)9-16)17-14(18-19)12-6-4-3-5-7-12/h3-7,10-11,13H,8-9,16H2,1-2H3. The second-order valence-electron chi connectivity index (χ2n) is 5.51. The normalized spacial score (nSPS) is 26.2. The van der Waals surface area contributed by atoms with Crippen LogP contribution in [-0.4, -0.2) is 21.3 Å². The molecule has 3 rings (SSSR count). The molecular weight excluding hydrogens is 236 g/mol. The third-order valence-electron chi connectivity index (χ3n) is 4.09. The van der Waals surface area contributed by atoms with Crippen LogP contribution in [0.5, 0.6) is 0 Å². The maximum Gasteiger partial charge on any atom is 0.181 e. The van der Waals surface area contributed by atoms with Crippen molar-refractivity contribution in [2.24, 2.45) is 11.7 Å². The van der Waals surface area contributed by atoms with Gasteiger partial charge in [-0.15, -0.1) is 0 Å². The quantitative estimate of drug-likeness (QED) is 0.898. The van der Waals surface area contributed by atoms with Gasteiger partial charge >= 0.3 is 0 Å². The molecule has 0 radical (unpaired) electrons. The van der Waals surface area contributed by atoms with Crippen LogP contribution in [0.4, 0.5) is 0 Å². The van der Waals surface area contributed by atoms with Gasteiger partial charge in [-0.2, -0.15) is 5.10 Å². The number of nitrogens with two attached hydrogens (primary N) is 1. The third-order valence-corrected chi connectivity index (χ3v) is 4.09. The molecule has 2 heterocycles. The van der Waals surface area contributed by atoms with Gasteiger partial charge in [-0.05, 0) is 19.3 Å². The monoisotopic (exact) mass is 256 g/mol. The summed E-state index contributed by atoms with van der Waals surface area (Å²) in [6.07, 6.45) is 1.12. The Bertz CT molecular complexity index is 561. The first kappa shape index (κ1) is 12.4. The third kappa shape index (κ3) is 2.06. The van der Waals surface area contributed by atoms with E-state index < -0.39 is 0 Å². The highest BCUT2D eigenvalue weighted by molar-refractivity contribution is 5.54. The molecule has 2 aromatic rings. The number of fused-ring (bicyclic) bond motifs is 1. The fourth-order valence-electron chi connectivity index (χ4n) is 3.02. The predicted molar refractivity (Wildman–Crippen MR) is 75.7 cm³/mol. The number of rotatable bonds is 2. The molecule has 100 valence electrons. The van der Waals surface area contributed by atoms with Crippen molar-refractivity contribution < 1.29 is 0 Å². The Labute approximate surface area is 113 Å². The topological polar surface area (TPSA) is 56.7 Å². The average molecular weight is 256 g/mol. The van der Waals surface area contributed by atoms with Gasteiger partial charge in [0.2, 0.25) is 0 Å². The van der Waals surface area contributed by atoms with Gasteiger partial charge in [0.15, 0.2) is 5.82 Å². The summed E-state index contributed by atoms with van der Waals surface area (Å²) in [7, 11) is 0. The van der Waals surface area contributed by atoms with Crippen molar-refractivity contribution in [3.8, 4) is 11.4 Å². The van der Waals surface area contributed by atoms with Crippen molar-refractivity contribution in [3.05, 3.63) is 36.2 Å². The van der Waals surface area contributed by atoms with Crippen LogP contribution < -0.4 is 5.73 Å². The fraction of sp³-hybridized carbons (Fsp3) is 0.467. The number of aromatic nitrogens is 3. The Balaban J connectivity index is 2.06. The highest BCUT2D eigenvalue weighted by atomic mass is 15.4. The summed E-state index contributed by atoms with van der Waals surface area (Å²) in [5.41, 5.74) is 6.99. The molecule has 4 heteroatoms. The largest absolute Gasteiger partial charge is 0.330 e. The van der Waals surface area contributed by atoms with E-state index in [1.54, 1.807) is 0 Å². The maximum atomic E-state index is 5.92. The van der Waals surface area contributed by atoms with Crippen molar-refractivity contribution >= 4 is 0 Å². The van der Waals surface area contributed by atoms with E-state index in [0.717, 1.165) is 23.6 Å². The summed E-state index contributed by atoms with van der Waals surface area (Å²) in [6, 6.07) is 10.5. The molecule has 0 saturated heterocycles. The molecule has 0 saturated carbocycles. The van der Waals surface area contributed by atoms with Gasteiger partial charge in [0.25, 0.3) is 0 Å². The summed E-state index contributed by atoms with van der Waals surface area (Å²) in [5, 5.41) is 4.68.